The molecule has 0 aromatic heterocycles. The summed E-state index contributed by atoms with van der Waals surface area (Å²) in [7, 11) is 0. The van der Waals surface area contributed by atoms with E-state index in [0.717, 1.165) is 44.9 Å². The number of amides is 1. The number of carbonyl (C=O) groups excluding carboxylic acids is 1. The fourth-order valence-electron chi connectivity index (χ4n) is 7.67. The van der Waals surface area contributed by atoms with E-state index in [1.54, 1.807) is 0 Å². The Labute approximate surface area is 163 Å². The van der Waals surface area contributed by atoms with Crippen LogP contribution in [0.25, 0.3) is 0 Å². The van der Waals surface area contributed by atoms with Gasteiger partial charge in [0.2, 0.25) is 5.91 Å². The van der Waals surface area contributed by atoms with E-state index in [-0.39, 0.29) is 10.8 Å². The van der Waals surface area contributed by atoms with E-state index < -0.39 is 0 Å². The van der Waals surface area contributed by atoms with Crippen LogP contribution in [0.4, 0.5) is 0 Å². The summed E-state index contributed by atoms with van der Waals surface area (Å²) in [6.45, 7) is 2.35. The Bertz CT molecular complexity index is 725. The second-order valence-electron chi connectivity index (χ2n) is 10.4. The van der Waals surface area contributed by atoms with Crippen LogP contribution in [0, 0.1) is 16.7 Å². The molecule has 0 heterocycles. The summed E-state index contributed by atoms with van der Waals surface area (Å²) in [5.41, 5.74) is 8.03. The van der Waals surface area contributed by atoms with Crippen molar-refractivity contribution in [3.05, 3.63) is 35.9 Å². The van der Waals surface area contributed by atoms with E-state index >= 15 is 0 Å². The minimum Gasteiger partial charge on any atom is -0.353 e. The van der Waals surface area contributed by atoms with Gasteiger partial charge in [0.15, 0.2) is 0 Å². The molecule has 0 radical (unpaired) electrons. The molecule has 5 aliphatic carbocycles. The molecule has 1 amide bonds. The summed E-state index contributed by atoms with van der Waals surface area (Å²) in [6, 6.07) is 11.8. The van der Waals surface area contributed by atoms with Crippen molar-refractivity contribution < 1.29 is 4.79 Å². The standard InChI is InChI=1S/C24H34N2O/c1-2-22-12-18-13-23(14-22,21(27)26-20-10-8-19(25)9-11-20)16-24(18,15-22)17-6-4-3-5-7-17/h3-7,18-20H,2,8-16,25H2,1H3,(H,26,27)/t18?,19?,20?,22-,23?,24-/m0/s1. The first-order valence-electron chi connectivity index (χ1n) is 11.1. The van der Waals surface area contributed by atoms with E-state index in [9.17, 15) is 4.79 Å². The second kappa shape index (κ2) is 6.07. The number of nitrogens with two attached hydrogens (primary N) is 1. The van der Waals surface area contributed by atoms with Crippen molar-refractivity contribution in [2.75, 3.05) is 0 Å². The van der Waals surface area contributed by atoms with Crippen LogP contribution >= 0.6 is 0 Å². The van der Waals surface area contributed by atoms with Crippen molar-refractivity contribution in [2.45, 2.75) is 88.6 Å². The molecule has 4 bridgehead atoms. The molecule has 3 N–H and O–H groups in total. The first-order valence-corrected chi connectivity index (χ1v) is 11.1. The Morgan fingerprint density at radius 3 is 2.52 bits per heavy atom. The Morgan fingerprint density at radius 2 is 1.81 bits per heavy atom. The predicted molar refractivity (Wildman–Crippen MR) is 108 cm³/mol. The Kier molecular flexibility index (Phi) is 3.99. The molecular formula is C24H34N2O. The lowest BCUT2D eigenvalue weighted by Gasteiger charge is -2.47. The van der Waals surface area contributed by atoms with E-state index in [4.69, 9.17) is 5.73 Å². The molecule has 0 aliphatic heterocycles. The third-order valence-corrected chi connectivity index (χ3v) is 8.84. The molecule has 5 fully saturated rings. The number of rotatable bonds is 4. The van der Waals surface area contributed by atoms with E-state index in [2.05, 4.69) is 42.6 Å². The first-order chi connectivity index (χ1) is 13.0. The number of hydrogen-bond acceptors (Lipinski definition) is 2. The minimum atomic E-state index is -0.132. The average Bonchev–Trinajstić information content (AvgIpc) is 3.07. The van der Waals surface area contributed by atoms with Crippen LogP contribution < -0.4 is 11.1 Å². The molecule has 2 unspecified atom stereocenters. The molecule has 3 nitrogen and oxygen atoms in total. The summed E-state index contributed by atoms with van der Waals surface area (Å²) in [6.07, 6.45) is 11.3. The molecule has 0 spiro atoms. The van der Waals surface area contributed by atoms with E-state index in [0.29, 0.717) is 29.3 Å². The lowest BCUT2D eigenvalue weighted by atomic mass is 9.57. The van der Waals surface area contributed by atoms with Gasteiger partial charge in [-0.25, -0.2) is 0 Å². The van der Waals surface area contributed by atoms with Crippen LogP contribution in [0.1, 0.15) is 76.7 Å². The smallest absolute Gasteiger partial charge is 0.226 e. The monoisotopic (exact) mass is 366 g/mol. The largest absolute Gasteiger partial charge is 0.353 e. The van der Waals surface area contributed by atoms with Crippen LogP contribution in [-0.2, 0) is 10.2 Å². The maximum Gasteiger partial charge on any atom is 0.226 e. The zero-order valence-electron chi connectivity index (χ0n) is 16.7. The van der Waals surface area contributed by atoms with Crippen molar-refractivity contribution in [3.63, 3.8) is 0 Å². The number of benzene rings is 1. The summed E-state index contributed by atoms with van der Waals surface area (Å²) < 4.78 is 0. The highest BCUT2D eigenvalue weighted by atomic mass is 16.2. The van der Waals surface area contributed by atoms with Crippen LogP contribution in [-0.4, -0.2) is 18.0 Å². The normalized spacial score (nSPS) is 45.2. The van der Waals surface area contributed by atoms with Gasteiger partial charge in [0.25, 0.3) is 0 Å². The van der Waals surface area contributed by atoms with Crippen LogP contribution in [0.5, 0.6) is 0 Å². The van der Waals surface area contributed by atoms with Crippen LogP contribution in [0.2, 0.25) is 0 Å². The third kappa shape index (κ3) is 2.61. The fourth-order valence-corrected chi connectivity index (χ4v) is 7.67. The van der Waals surface area contributed by atoms with Gasteiger partial charge in [-0.2, -0.15) is 0 Å². The molecule has 6 rings (SSSR count). The lowest BCUT2D eigenvalue weighted by Crippen LogP contribution is -2.51. The second-order valence-corrected chi connectivity index (χ2v) is 10.4. The van der Waals surface area contributed by atoms with Crippen molar-refractivity contribution in [1.82, 2.24) is 5.32 Å². The van der Waals surface area contributed by atoms with Gasteiger partial charge >= 0.3 is 0 Å². The van der Waals surface area contributed by atoms with Gasteiger partial charge in [-0.1, -0.05) is 43.7 Å². The molecule has 5 saturated carbocycles. The predicted octanol–water partition coefficient (Wildman–Crippen LogP) is 4.30. The topological polar surface area (TPSA) is 55.1 Å². The maximum atomic E-state index is 13.6. The van der Waals surface area contributed by atoms with Crippen molar-refractivity contribution in [1.29, 1.82) is 0 Å². The summed E-state index contributed by atoms with van der Waals surface area (Å²) in [5.74, 6) is 1.04. The highest BCUT2D eigenvalue weighted by Gasteiger charge is 2.71. The average molecular weight is 367 g/mol. The molecular weight excluding hydrogens is 332 g/mol. The molecule has 4 atom stereocenters. The van der Waals surface area contributed by atoms with Crippen LogP contribution in [0.15, 0.2) is 30.3 Å². The highest BCUT2D eigenvalue weighted by molar-refractivity contribution is 5.84. The van der Waals surface area contributed by atoms with Gasteiger partial charge in [0.05, 0.1) is 5.41 Å². The van der Waals surface area contributed by atoms with Gasteiger partial charge in [0.1, 0.15) is 0 Å². The lowest BCUT2D eigenvalue weighted by molar-refractivity contribution is -0.137. The Morgan fingerprint density at radius 1 is 1.07 bits per heavy atom. The molecule has 3 heteroatoms. The summed E-state index contributed by atoms with van der Waals surface area (Å²) in [4.78, 5) is 13.6. The SMILES string of the molecule is CC[C@]12CC3CC(C(=O)NC4CCC(N)CC4)(C1)C[C@]3(c1ccccc1)C2. The molecule has 146 valence electrons. The molecule has 1 aromatic rings. The summed E-state index contributed by atoms with van der Waals surface area (Å²) >= 11 is 0. The van der Waals surface area contributed by atoms with E-state index in [1.165, 1.54) is 24.8 Å². The molecule has 0 saturated heterocycles. The number of hydrogen-bond donors (Lipinski definition) is 2. The van der Waals surface area contributed by atoms with Gasteiger partial charge in [-0.3, -0.25) is 4.79 Å². The highest BCUT2D eigenvalue weighted by Crippen LogP contribution is 2.75. The minimum absolute atomic E-state index is 0.132. The molecule has 5 aliphatic rings. The van der Waals surface area contributed by atoms with Crippen LogP contribution in [0.3, 0.4) is 0 Å². The van der Waals surface area contributed by atoms with E-state index in [1.807, 2.05) is 0 Å². The first kappa shape index (κ1) is 17.7. The maximum absolute atomic E-state index is 13.6. The van der Waals surface area contributed by atoms with Gasteiger partial charge in [-0.15, -0.1) is 0 Å². The van der Waals surface area contributed by atoms with Gasteiger partial charge < -0.3 is 11.1 Å². The zero-order chi connectivity index (χ0) is 18.7. The third-order valence-electron chi connectivity index (χ3n) is 8.84. The zero-order valence-corrected chi connectivity index (χ0v) is 16.7. The Balaban J connectivity index is 1.43. The molecule has 1 aromatic carbocycles. The molecule has 27 heavy (non-hydrogen) atoms. The van der Waals surface area contributed by atoms with Crippen molar-refractivity contribution >= 4 is 5.91 Å². The fraction of sp³-hybridized carbons (Fsp3) is 0.708. The van der Waals surface area contributed by atoms with Gasteiger partial charge in [0, 0.05) is 12.1 Å². The van der Waals surface area contributed by atoms with Gasteiger partial charge in [-0.05, 0) is 80.1 Å². The summed E-state index contributed by atoms with van der Waals surface area (Å²) in [5, 5.41) is 3.48. The quantitative estimate of drug-likeness (QED) is 0.835. The number of carbonyl (C=O) groups is 1. The Hall–Kier alpha value is -1.35. The number of nitrogens with one attached hydrogen (secondary N) is 1. The van der Waals surface area contributed by atoms with Crippen molar-refractivity contribution in [3.8, 4) is 0 Å². The van der Waals surface area contributed by atoms with Crippen molar-refractivity contribution in [2.24, 2.45) is 22.5 Å².